The van der Waals surface area contributed by atoms with Crippen molar-refractivity contribution in [1.82, 2.24) is 0 Å². The van der Waals surface area contributed by atoms with Gasteiger partial charge in [-0.05, 0) is 71.2 Å². The number of halogens is 3. The largest absolute Gasteiger partial charge is 0.381 e. The van der Waals surface area contributed by atoms with Crippen LogP contribution in [0.1, 0.15) is 24.3 Å². The van der Waals surface area contributed by atoms with Crippen molar-refractivity contribution in [2.45, 2.75) is 24.8 Å². The molecule has 0 saturated heterocycles. The molecule has 0 heterocycles. The van der Waals surface area contributed by atoms with Crippen LogP contribution >= 0.6 is 50.1 Å². The Morgan fingerprint density at radius 2 is 1.90 bits per heavy atom. The van der Waals surface area contributed by atoms with Crippen LogP contribution in [0.4, 0.5) is 5.69 Å². The van der Waals surface area contributed by atoms with E-state index in [1.165, 1.54) is 32.1 Å². The van der Waals surface area contributed by atoms with Gasteiger partial charge in [0.2, 0.25) is 0 Å². The van der Waals surface area contributed by atoms with Crippen molar-refractivity contribution in [3.8, 4) is 0 Å². The number of rotatable bonds is 3. The van der Waals surface area contributed by atoms with Gasteiger partial charge in [0.05, 0.1) is 0 Å². The highest BCUT2D eigenvalue weighted by Crippen LogP contribution is 2.41. The van der Waals surface area contributed by atoms with E-state index in [-0.39, 0.29) is 0 Å². The number of benzene rings is 2. The second kappa shape index (κ2) is 6.24. The Hall–Kier alpha value is -0.260. The molecule has 1 aliphatic carbocycles. The van der Waals surface area contributed by atoms with Crippen LogP contribution < -0.4 is 5.32 Å². The molecule has 0 unspecified atom stereocenters. The lowest BCUT2D eigenvalue weighted by molar-refractivity contribution is 0.373. The summed E-state index contributed by atoms with van der Waals surface area (Å²) in [5, 5.41) is 4.40. The lowest BCUT2D eigenvalue weighted by Gasteiger charge is -2.37. The van der Waals surface area contributed by atoms with E-state index < -0.39 is 0 Å². The summed E-state index contributed by atoms with van der Waals surface area (Å²) in [7, 11) is 0. The zero-order valence-electron chi connectivity index (χ0n) is 10.7. The highest BCUT2D eigenvalue weighted by atomic mass is 127. The van der Waals surface area contributed by atoms with Gasteiger partial charge in [0.1, 0.15) is 0 Å². The summed E-state index contributed by atoms with van der Waals surface area (Å²) < 4.78 is 2.41. The van der Waals surface area contributed by atoms with Gasteiger partial charge in [0, 0.05) is 24.8 Å². The third-order valence-electron chi connectivity index (χ3n) is 3.77. The van der Waals surface area contributed by atoms with Crippen molar-refractivity contribution >= 4 is 55.8 Å². The second-order valence-corrected chi connectivity index (χ2v) is 7.61. The first-order chi connectivity index (χ1) is 9.63. The molecule has 1 N–H and O–H groups in total. The Kier molecular flexibility index (Phi) is 4.58. The van der Waals surface area contributed by atoms with Gasteiger partial charge in [-0.3, -0.25) is 0 Å². The van der Waals surface area contributed by atoms with Crippen LogP contribution in [-0.4, -0.2) is 6.04 Å². The van der Waals surface area contributed by atoms with E-state index in [2.05, 4.69) is 74.2 Å². The molecule has 0 atom stereocenters. The molecular formula is C16H14BrClIN. The van der Waals surface area contributed by atoms with Gasteiger partial charge in [-0.2, -0.15) is 0 Å². The van der Waals surface area contributed by atoms with Gasteiger partial charge in [-0.25, -0.2) is 0 Å². The molecule has 2 aromatic rings. The molecule has 0 aromatic heterocycles. The van der Waals surface area contributed by atoms with E-state index in [1.54, 1.807) is 0 Å². The van der Waals surface area contributed by atoms with Crippen molar-refractivity contribution in [1.29, 1.82) is 0 Å². The van der Waals surface area contributed by atoms with Gasteiger partial charge in [-0.15, -0.1) is 0 Å². The first-order valence-corrected chi connectivity index (χ1v) is 8.84. The Balaban J connectivity index is 1.62. The minimum atomic E-state index is 0.557. The SMILES string of the molecule is Clc1ccc(NC2CC(c3ccccc3Br)C2)c(I)c1. The maximum Gasteiger partial charge on any atom is 0.0479 e. The van der Waals surface area contributed by atoms with Gasteiger partial charge < -0.3 is 5.32 Å². The quantitative estimate of drug-likeness (QED) is 0.547. The average molecular weight is 463 g/mol. The molecule has 1 fully saturated rings. The van der Waals surface area contributed by atoms with Crippen molar-refractivity contribution < 1.29 is 0 Å². The van der Waals surface area contributed by atoms with Crippen molar-refractivity contribution in [2.75, 3.05) is 5.32 Å². The van der Waals surface area contributed by atoms with E-state index >= 15 is 0 Å². The van der Waals surface area contributed by atoms with Gasteiger partial charge in [-0.1, -0.05) is 45.7 Å². The van der Waals surface area contributed by atoms with Crippen molar-refractivity contribution in [3.05, 3.63) is 61.1 Å². The van der Waals surface area contributed by atoms with Crippen LogP contribution in [0.3, 0.4) is 0 Å². The lowest BCUT2D eigenvalue weighted by atomic mass is 9.76. The molecule has 2 aromatic carbocycles. The van der Waals surface area contributed by atoms with Crippen LogP contribution in [0.25, 0.3) is 0 Å². The summed E-state index contributed by atoms with van der Waals surface area (Å²) in [6.45, 7) is 0. The fraction of sp³-hybridized carbons (Fsp3) is 0.250. The summed E-state index contributed by atoms with van der Waals surface area (Å²) >= 11 is 12.0. The van der Waals surface area contributed by atoms with Crippen LogP contribution in [0.15, 0.2) is 46.9 Å². The molecule has 0 amide bonds. The van der Waals surface area contributed by atoms with Crippen molar-refractivity contribution in [2.24, 2.45) is 0 Å². The van der Waals surface area contributed by atoms with Crippen LogP contribution in [0.5, 0.6) is 0 Å². The lowest BCUT2D eigenvalue weighted by Crippen LogP contribution is -2.34. The number of hydrogen-bond donors (Lipinski definition) is 1. The summed E-state index contributed by atoms with van der Waals surface area (Å²) in [4.78, 5) is 0. The molecule has 0 spiro atoms. The Morgan fingerprint density at radius 3 is 2.60 bits per heavy atom. The standard InChI is InChI=1S/C16H14BrClIN/c17-14-4-2-1-3-13(14)10-7-12(8-10)20-16-6-5-11(18)9-15(16)19/h1-6,9-10,12,20H,7-8H2. The second-order valence-electron chi connectivity index (χ2n) is 5.16. The molecular weight excluding hydrogens is 448 g/mol. The minimum absolute atomic E-state index is 0.557. The Bertz CT molecular complexity index is 626. The summed E-state index contributed by atoms with van der Waals surface area (Å²) in [5.41, 5.74) is 2.61. The van der Waals surface area contributed by atoms with E-state index in [0.29, 0.717) is 12.0 Å². The molecule has 1 saturated carbocycles. The van der Waals surface area contributed by atoms with Crippen LogP contribution in [-0.2, 0) is 0 Å². The highest BCUT2D eigenvalue weighted by molar-refractivity contribution is 14.1. The molecule has 104 valence electrons. The van der Waals surface area contributed by atoms with Gasteiger partial charge in [0.15, 0.2) is 0 Å². The van der Waals surface area contributed by atoms with E-state index in [4.69, 9.17) is 11.6 Å². The zero-order chi connectivity index (χ0) is 14.1. The monoisotopic (exact) mass is 461 g/mol. The van der Waals surface area contributed by atoms with E-state index in [9.17, 15) is 0 Å². The summed E-state index contributed by atoms with van der Waals surface area (Å²) in [6, 6.07) is 15.1. The Labute approximate surface area is 146 Å². The first kappa shape index (κ1) is 14.7. The van der Waals surface area contributed by atoms with Gasteiger partial charge >= 0.3 is 0 Å². The molecule has 0 bridgehead atoms. The molecule has 0 aliphatic heterocycles. The highest BCUT2D eigenvalue weighted by Gasteiger charge is 2.31. The van der Waals surface area contributed by atoms with E-state index in [1.807, 2.05) is 12.1 Å². The Morgan fingerprint density at radius 1 is 1.15 bits per heavy atom. The maximum atomic E-state index is 5.98. The van der Waals surface area contributed by atoms with Crippen LogP contribution in [0, 0.1) is 3.57 Å². The summed E-state index contributed by atoms with van der Waals surface area (Å²) in [5.74, 6) is 0.660. The molecule has 20 heavy (non-hydrogen) atoms. The van der Waals surface area contributed by atoms with Crippen molar-refractivity contribution in [3.63, 3.8) is 0 Å². The predicted octanol–water partition coefficient (Wildman–Crippen LogP) is 6.07. The average Bonchev–Trinajstić information content (AvgIpc) is 2.37. The smallest absolute Gasteiger partial charge is 0.0479 e. The molecule has 1 aliphatic rings. The fourth-order valence-corrected chi connectivity index (χ4v) is 4.26. The zero-order valence-corrected chi connectivity index (χ0v) is 15.2. The molecule has 4 heteroatoms. The topological polar surface area (TPSA) is 12.0 Å². The van der Waals surface area contributed by atoms with Gasteiger partial charge in [0.25, 0.3) is 0 Å². The molecule has 0 radical (unpaired) electrons. The minimum Gasteiger partial charge on any atom is -0.381 e. The third kappa shape index (κ3) is 3.15. The normalized spacial score (nSPS) is 21.4. The number of nitrogens with one attached hydrogen (secondary N) is 1. The molecule has 1 nitrogen and oxygen atoms in total. The predicted molar refractivity (Wildman–Crippen MR) is 97.7 cm³/mol. The summed E-state index contributed by atoms with van der Waals surface area (Å²) in [6.07, 6.45) is 2.36. The van der Waals surface area contributed by atoms with Crippen LogP contribution in [0.2, 0.25) is 5.02 Å². The number of hydrogen-bond acceptors (Lipinski definition) is 1. The third-order valence-corrected chi connectivity index (χ3v) is 5.62. The fourth-order valence-electron chi connectivity index (χ4n) is 2.62. The molecule has 3 rings (SSSR count). The van der Waals surface area contributed by atoms with E-state index in [0.717, 1.165) is 5.02 Å². The number of anilines is 1. The first-order valence-electron chi connectivity index (χ1n) is 6.59. The maximum absolute atomic E-state index is 5.98.